The summed E-state index contributed by atoms with van der Waals surface area (Å²) in [6, 6.07) is 13.4. The van der Waals surface area contributed by atoms with Crippen LogP contribution in [0.25, 0.3) is 10.9 Å². The molecule has 1 amide bonds. The van der Waals surface area contributed by atoms with Gasteiger partial charge in [-0.2, -0.15) is 0 Å². The largest absolute Gasteiger partial charge is 0.352 e. The number of rotatable bonds is 3. The predicted octanol–water partition coefficient (Wildman–Crippen LogP) is 3.52. The molecule has 1 saturated heterocycles. The highest BCUT2D eigenvalue weighted by atomic mass is 35.5. The van der Waals surface area contributed by atoms with Gasteiger partial charge >= 0.3 is 0 Å². The Labute approximate surface area is 157 Å². The first-order valence-electron chi connectivity index (χ1n) is 8.56. The molecule has 1 aliphatic heterocycles. The standard InChI is InChI=1S/C20H19ClN4O/c1-12-8-13(2)22-17-7-6-14(9-16(12)17)20(26)23-15-10-25(11-15)19-5-3-4-18(21)24-19/h3-9,15H,10-11H2,1-2H3,(H,23,26). The van der Waals surface area contributed by atoms with Crippen LogP contribution in [-0.4, -0.2) is 35.0 Å². The first-order valence-corrected chi connectivity index (χ1v) is 8.94. The van der Waals surface area contributed by atoms with Gasteiger partial charge in [-0.25, -0.2) is 4.98 Å². The molecule has 2 aromatic heterocycles. The van der Waals surface area contributed by atoms with E-state index in [0.717, 1.165) is 41.1 Å². The molecule has 6 heteroatoms. The van der Waals surface area contributed by atoms with Crippen LogP contribution in [0.4, 0.5) is 5.82 Å². The molecule has 132 valence electrons. The van der Waals surface area contributed by atoms with Gasteiger partial charge < -0.3 is 10.2 Å². The van der Waals surface area contributed by atoms with E-state index in [0.29, 0.717) is 10.7 Å². The van der Waals surface area contributed by atoms with Crippen LogP contribution in [-0.2, 0) is 0 Å². The maximum atomic E-state index is 12.6. The number of carbonyl (C=O) groups excluding carboxylic acids is 1. The third kappa shape index (κ3) is 3.22. The van der Waals surface area contributed by atoms with Gasteiger partial charge in [-0.15, -0.1) is 0 Å². The third-order valence-electron chi connectivity index (χ3n) is 4.65. The number of benzene rings is 1. The van der Waals surface area contributed by atoms with Crippen LogP contribution in [0.2, 0.25) is 5.15 Å². The van der Waals surface area contributed by atoms with Crippen molar-refractivity contribution in [2.45, 2.75) is 19.9 Å². The van der Waals surface area contributed by atoms with Crippen molar-refractivity contribution in [2.75, 3.05) is 18.0 Å². The topological polar surface area (TPSA) is 58.1 Å². The number of aromatic nitrogens is 2. The number of nitrogens with zero attached hydrogens (tertiary/aromatic N) is 3. The molecule has 3 aromatic rings. The summed E-state index contributed by atoms with van der Waals surface area (Å²) in [5.74, 6) is 0.779. The molecule has 26 heavy (non-hydrogen) atoms. The van der Waals surface area contributed by atoms with E-state index in [9.17, 15) is 4.79 Å². The second-order valence-corrected chi connectivity index (χ2v) is 7.09. The highest BCUT2D eigenvalue weighted by molar-refractivity contribution is 6.29. The molecule has 1 aliphatic rings. The minimum atomic E-state index is -0.0596. The smallest absolute Gasteiger partial charge is 0.251 e. The number of carbonyl (C=O) groups is 1. The van der Waals surface area contributed by atoms with Crippen molar-refractivity contribution in [3.63, 3.8) is 0 Å². The van der Waals surface area contributed by atoms with Crippen molar-refractivity contribution in [3.05, 3.63) is 64.4 Å². The lowest BCUT2D eigenvalue weighted by Crippen LogP contribution is -2.59. The molecule has 3 heterocycles. The molecule has 1 N–H and O–H groups in total. The number of nitrogens with one attached hydrogen (secondary N) is 1. The molecular weight excluding hydrogens is 348 g/mol. The average Bonchev–Trinajstić information content (AvgIpc) is 2.57. The maximum absolute atomic E-state index is 12.6. The lowest BCUT2D eigenvalue weighted by Gasteiger charge is -2.40. The highest BCUT2D eigenvalue weighted by Gasteiger charge is 2.29. The minimum Gasteiger partial charge on any atom is -0.352 e. The molecule has 1 fully saturated rings. The zero-order valence-electron chi connectivity index (χ0n) is 14.7. The zero-order chi connectivity index (χ0) is 18.3. The third-order valence-corrected chi connectivity index (χ3v) is 4.86. The molecule has 0 aliphatic carbocycles. The van der Waals surface area contributed by atoms with Crippen molar-refractivity contribution in [3.8, 4) is 0 Å². The van der Waals surface area contributed by atoms with E-state index >= 15 is 0 Å². The molecule has 0 radical (unpaired) electrons. The lowest BCUT2D eigenvalue weighted by atomic mass is 10.0. The number of anilines is 1. The van der Waals surface area contributed by atoms with Crippen molar-refractivity contribution in [1.82, 2.24) is 15.3 Å². The number of pyridine rings is 2. The van der Waals surface area contributed by atoms with E-state index < -0.39 is 0 Å². The van der Waals surface area contributed by atoms with Gasteiger partial charge in [0.15, 0.2) is 0 Å². The molecule has 0 atom stereocenters. The van der Waals surface area contributed by atoms with Crippen LogP contribution in [0.3, 0.4) is 0 Å². The van der Waals surface area contributed by atoms with E-state index in [1.807, 2.05) is 50.2 Å². The molecule has 0 saturated carbocycles. The van der Waals surface area contributed by atoms with E-state index in [4.69, 9.17) is 11.6 Å². The normalized spacial score (nSPS) is 14.3. The summed E-state index contributed by atoms with van der Waals surface area (Å²) >= 11 is 5.93. The van der Waals surface area contributed by atoms with Crippen LogP contribution in [0, 0.1) is 13.8 Å². The summed E-state index contributed by atoms with van der Waals surface area (Å²) in [7, 11) is 0. The molecule has 4 rings (SSSR count). The number of hydrogen-bond acceptors (Lipinski definition) is 4. The number of aryl methyl sites for hydroxylation is 2. The Balaban J connectivity index is 1.44. The second-order valence-electron chi connectivity index (χ2n) is 6.71. The monoisotopic (exact) mass is 366 g/mol. The van der Waals surface area contributed by atoms with Crippen molar-refractivity contribution >= 4 is 34.2 Å². The van der Waals surface area contributed by atoms with Gasteiger partial charge in [-0.05, 0) is 55.8 Å². The number of amides is 1. The van der Waals surface area contributed by atoms with Gasteiger partial charge in [0.2, 0.25) is 0 Å². The first-order chi connectivity index (χ1) is 12.5. The van der Waals surface area contributed by atoms with Gasteiger partial charge in [0.25, 0.3) is 5.91 Å². The molecule has 5 nitrogen and oxygen atoms in total. The predicted molar refractivity (Wildman–Crippen MR) is 104 cm³/mol. The van der Waals surface area contributed by atoms with Crippen molar-refractivity contribution in [1.29, 1.82) is 0 Å². The van der Waals surface area contributed by atoms with Gasteiger partial charge in [0, 0.05) is 29.7 Å². The van der Waals surface area contributed by atoms with Crippen molar-refractivity contribution < 1.29 is 4.79 Å². The molecule has 1 aromatic carbocycles. The Morgan fingerprint density at radius 1 is 1.15 bits per heavy atom. The van der Waals surface area contributed by atoms with E-state index in [2.05, 4.69) is 20.2 Å². The summed E-state index contributed by atoms with van der Waals surface area (Å²) in [6.07, 6.45) is 0. The summed E-state index contributed by atoms with van der Waals surface area (Å²) in [5, 5.41) is 4.57. The zero-order valence-corrected chi connectivity index (χ0v) is 15.4. The Morgan fingerprint density at radius 2 is 1.96 bits per heavy atom. The van der Waals surface area contributed by atoms with Crippen LogP contribution in [0.15, 0.2) is 42.5 Å². The summed E-state index contributed by atoms with van der Waals surface area (Å²) in [4.78, 5) is 23.5. The van der Waals surface area contributed by atoms with E-state index in [1.165, 1.54) is 0 Å². The fourth-order valence-corrected chi connectivity index (χ4v) is 3.46. The highest BCUT2D eigenvalue weighted by Crippen LogP contribution is 2.22. The quantitative estimate of drug-likeness (QED) is 0.720. The number of halogens is 1. The Bertz CT molecular complexity index is 998. The summed E-state index contributed by atoms with van der Waals surface area (Å²) in [5.41, 5.74) is 3.69. The minimum absolute atomic E-state index is 0.0596. The van der Waals surface area contributed by atoms with Crippen molar-refractivity contribution in [2.24, 2.45) is 0 Å². The molecule has 0 bridgehead atoms. The summed E-state index contributed by atoms with van der Waals surface area (Å²) in [6.45, 7) is 5.48. The summed E-state index contributed by atoms with van der Waals surface area (Å²) < 4.78 is 0. The number of fused-ring (bicyclic) bond motifs is 1. The molecule has 0 unspecified atom stereocenters. The number of hydrogen-bond donors (Lipinski definition) is 1. The van der Waals surface area contributed by atoms with Gasteiger partial charge in [-0.1, -0.05) is 17.7 Å². The fraction of sp³-hybridized carbons (Fsp3) is 0.250. The van der Waals surface area contributed by atoms with E-state index in [-0.39, 0.29) is 11.9 Å². The second kappa shape index (κ2) is 6.57. The SMILES string of the molecule is Cc1cc(C)c2cc(C(=O)NC3CN(c4cccc(Cl)n4)C3)ccc2n1. The molecular formula is C20H19ClN4O. The fourth-order valence-electron chi connectivity index (χ4n) is 3.30. The maximum Gasteiger partial charge on any atom is 0.251 e. The average molecular weight is 367 g/mol. The Hall–Kier alpha value is -2.66. The first kappa shape index (κ1) is 16.8. The van der Waals surface area contributed by atoms with E-state index in [1.54, 1.807) is 6.07 Å². The van der Waals surface area contributed by atoms with Crippen LogP contribution in [0.5, 0.6) is 0 Å². The Kier molecular flexibility index (Phi) is 4.24. The Morgan fingerprint density at radius 3 is 2.73 bits per heavy atom. The molecule has 0 spiro atoms. The van der Waals surface area contributed by atoms with Crippen LogP contribution in [0.1, 0.15) is 21.6 Å². The van der Waals surface area contributed by atoms with Crippen LogP contribution >= 0.6 is 11.6 Å². The van der Waals surface area contributed by atoms with Crippen LogP contribution < -0.4 is 10.2 Å². The van der Waals surface area contributed by atoms with Gasteiger partial charge in [-0.3, -0.25) is 9.78 Å². The van der Waals surface area contributed by atoms with Gasteiger partial charge in [0.05, 0.1) is 11.6 Å². The van der Waals surface area contributed by atoms with Gasteiger partial charge in [0.1, 0.15) is 11.0 Å². The lowest BCUT2D eigenvalue weighted by molar-refractivity contribution is 0.0930.